The molecule has 3 heteroatoms. The fourth-order valence-electron chi connectivity index (χ4n) is 1.36. The zero-order valence-electron chi connectivity index (χ0n) is 5.86. The van der Waals surface area contributed by atoms with E-state index in [-0.39, 0.29) is 12.4 Å². The molecule has 2 aliphatic rings. The normalized spacial score (nSPS) is 40.5. The molecular formula is C8H8O3. The largest absolute Gasteiger partial charge is 0.455 e. The van der Waals surface area contributed by atoms with Crippen molar-refractivity contribution in [1.82, 2.24) is 0 Å². The molecule has 2 rings (SSSR count). The lowest BCUT2D eigenvalue weighted by molar-refractivity contribution is -0.140. The van der Waals surface area contributed by atoms with Crippen molar-refractivity contribution in [2.75, 3.05) is 0 Å². The van der Waals surface area contributed by atoms with E-state index in [1.54, 1.807) is 24.3 Å². The number of esters is 1. The molecule has 0 spiro atoms. The fourth-order valence-corrected chi connectivity index (χ4v) is 1.36. The van der Waals surface area contributed by atoms with Gasteiger partial charge in [0.05, 0.1) is 6.42 Å². The van der Waals surface area contributed by atoms with E-state index < -0.39 is 11.7 Å². The van der Waals surface area contributed by atoms with Crippen molar-refractivity contribution in [2.24, 2.45) is 0 Å². The molecule has 1 N–H and O–H groups in total. The number of carbonyl (C=O) groups is 1. The highest BCUT2D eigenvalue weighted by atomic mass is 16.6. The van der Waals surface area contributed by atoms with E-state index in [0.29, 0.717) is 0 Å². The standard InChI is InChI=1S/C8H8O3/c9-7-5-8(10)4-2-1-3-6(8)11-7/h1-4,6,10H,5H2/t6-,8+/m1/s1. The summed E-state index contributed by atoms with van der Waals surface area (Å²) in [5.74, 6) is -0.339. The van der Waals surface area contributed by atoms with Crippen molar-refractivity contribution in [1.29, 1.82) is 0 Å². The first-order chi connectivity index (χ1) is 5.21. The molecule has 1 aliphatic carbocycles. The fraction of sp³-hybridized carbons (Fsp3) is 0.375. The van der Waals surface area contributed by atoms with Crippen LogP contribution in [0.2, 0.25) is 0 Å². The van der Waals surface area contributed by atoms with Crippen LogP contribution in [0.5, 0.6) is 0 Å². The predicted molar refractivity (Wildman–Crippen MR) is 37.7 cm³/mol. The predicted octanol–water partition coefficient (Wildman–Crippen LogP) is 0.159. The first kappa shape index (κ1) is 6.61. The number of carbonyl (C=O) groups excluding carboxylic acids is 1. The van der Waals surface area contributed by atoms with Crippen LogP contribution < -0.4 is 0 Å². The van der Waals surface area contributed by atoms with E-state index in [9.17, 15) is 9.90 Å². The second-order valence-electron chi connectivity index (χ2n) is 2.82. The maximum Gasteiger partial charge on any atom is 0.309 e. The van der Waals surface area contributed by atoms with Crippen LogP contribution >= 0.6 is 0 Å². The van der Waals surface area contributed by atoms with Crippen molar-refractivity contribution in [3.63, 3.8) is 0 Å². The zero-order chi connectivity index (χ0) is 7.90. The third-order valence-corrected chi connectivity index (χ3v) is 1.96. The van der Waals surface area contributed by atoms with Crippen molar-refractivity contribution < 1.29 is 14.6 Å². The molecule has 0 aromatic carbocycles. The molecule has 2 atom stereocenters. The summed E-state index contributed by atoms with van der Waals surface area (Å²) >= 11 is 0. The van der Waals surface area contributed by atoms with Gasteiger partial charge < -0.3 is 9.84 Å². The summed E-state index contributed by atoms with van der Waals surface area (Å²) in [6, 6.07) is 0. The smallest absolute Gasteiger partial charge is 0.309 e. The van der Waals surface area contributed by atoms with Crippen LogP contribution in [0.1, 0.15) is 6.42 Å². The number of rotatable bonds is 0. The Balaban J connectivity index is 2.34. The van der Waals surface area contributed by atoms with Crippen molar-refractivity contribution in [3.8, 4) is 0 Å². The Bertz CT molecular complexity index is 254. The minimum absolute atomic E-state index is 0.0680. The van der Waals surface area contributed by atoms with Crippen LogP contribution in [0.3, 0.4) is 0 Å². The number of allylic oxidation sites excluding steroid dienone is 2. The third-order valence-electron chi connectivity index (χ3n) is 1.96. The van der Waals surface area contributed by atoms with Crippen LogP contribution in [-0.4, -0.2) is 22.8 Å². The first-order valence-corrected chi connectivity index (χ1v) is 3.49. The Morgan fingerprint density at radius 3 is 3.18 bits per heavy atom. The molecule has 1 heterocycles. The summed E-state index contributed by atoms with van der Waals surface area (Å²) in [6.07, 6.45) is 6.36. The number of fused-ring (bicyclic) bond motifs is 1. The van der Waals surface area contributed by atoms with Gasteiger partial charge in [0, 0.05) is 0 Å². The highest BCUT2D eigenvalue weighted by molar-refractivity contribution is 5.75. The van der Waals surface area contributed by atoms with Crippen LogP contribution in [0, 0.1) is 0 Å². The molecule has 58 valence electrons. The highest BCUT2D eigenvalue weighted by Crippen LogP contribution is 2.31. The van der Waals surface area contributed by atoms with Gasteiger partial charge in [-0.05, 0) is 12.2 Å². The van der Waals surface area contributed by atoms with Gasteiger partial charge in [-0.25, -0.2) is 0 Å². The Hall–Kier alpha value is -1.09. The second-order valence-corrected chi connectivity index (χ2v) is 2.82. The lowest BCUT2D eigenvalue weighted by Gasteiger charge is -2.22. The Kier molecular flexibility index (Phi) is 1.17. The molecule has 0 bridgehead atoms. The molecule has 0 saturated carbocycles. The number of hydrogen-bond donors (Lipinski definition) is 1. The quantitative estimate of drug-likeness (QED) is 0.503. The van der Waals surface area contributed by atoms with E-state index in [4.69, 9.17) is 4.74 Å². The first-order valence-electron chi connectivity index (χ1n) is 3.49. The lowest BCUT2D eigenvalue weighted by atomic mass is 9.92. The van der Waals surface area contributed by atoms with Gasteiger partial charge in [0.2, 0.25) is 0 Å². The molecule has 0 aromatic heterocycles. The zero-order valence-corrected chi connectivity index (χ0v) is 5.86. The summed E-state index contributed by atoms with van der Waals surface area (Å²) in [5, 5.41) is 9.70. The van der Waals surface area contributed by atoms with Crippen molar-refractivity contribution in [3.05, 3.63) is 24.3 Å². The van der Waals surface area contributed by atoms with Crippen molar-refractivity contribution >= 4 is 5.97 Å². The van der Waals surface area contributed by atoms with E-state index in [1.165, 1.54) is 0 Å². The van der Waals surface area contributed by atoms with Crippen LogP contribution in [0.15, 0.2) is 24.3 Å². The van der Waals surface area contributed by atoms with E-state index >= 15 is 0 Å². The van der Waals surface area contributed by atoms with Crippen molar-refractivity contribution in [2.45, 2.75) is 18.1 Å². The number of ether oxygens (including phenoxy) is 1. The second kappa shape index (κ2) is 1.95. The Morgan fingerprint density at radius 1 is 1.64 bits per heavy atom. The monoisotopic (exact) mass is 152 g/mol. The van der Waals surface area contributed by atoms with Gasteiger partial charge in [0.25, 0.3) is 0 Å². The highest BCUT2D eigenvalue weighted by Gasteiger charge is 2.45. The van der Waals surface area contributed by atoms with Gasteiger partial charge in [-0.1, -0.05) is 12.2 Å². The van der Waals surface area contributed by atoms with Gasteiger partial charge >= 0.3 is 5.97 Å². The molecule has 0 radical (unpaired) electrons. The number of aliphatic hydroxyl groups is 1. The van der Waals surface area contributed by atoms with E-state index in [2.05, 4.69) is 0 Å². The molecule has 11 heavy (non-hydrogen) atoms. The summed E-state index contributed by atoms with van der Waals surface area (Å²) < 4.78 is 4.84. The lowest BCUT2D eigenvalue weighted by Crippen LogP contribution is -2.35. The molecule has 0 amide bonds. The van der Waals surface area contributed by atoms with E-state index in [1.807, 2.05) is 0 Å². The summed E-state index contributed by atoms with van der Waals surface area (Å²) in [4.78, 5) is 10.8. The van der Waals surface area contributed by atoms with Gasteiger partial charge in [0.15, 0.2) is 6.10 Å². The van der Waals surface area contributed by atoms with Gasteiger partial charge in [-0.2, -0.15) is 0 Å². The van der Waals surface area contributed by atoms with E-state index in [0.717, 1.165) is 0 Å². The summed E-state index contributed by atoms with van der Waals surface area (Å²) in [7, 11) is 0. The SMILES string of the molecule is O=C1C[C@@]2(O)C=CC=C[C@H]2O1. The molecule has 0 unspecified atom stereocenters. The third kappa shape index (κ3) is 0.886. The topological polar surface area (TPSA) is 46.5 Å². The van der Waals surface area contributed by atoms with Gasteiger partial charge in [0.1, 0.15) is 5.60 Å². The molecule has 3 nitrogen and oxygen atoms in total. The molecule has 1 fully saturated rings. The molecule has 1 saturated heterocycles. The maximum atomic E-state index is 10.8. The Labute approximate surface area is 64.0 Å². The number of hydrogen-bond acceptors (Lipinski definition) is 3. The minimum Gasteiger partial charge on any atom is -0.455 e. The molecule has 0 aromatic rings. The van der Waals surface area contributed by atoms with Crippen LogP contribution in [0.4, 0.5) is 0 Å². The summed E-state index contributed by atoms with van der Waals surface area (Å²) in [6.45, 7) is 0. The average molecular weight is 152 g/mol. The van der Waals surface area contributed by atoms with Crippen LogP contribution in [-0.2, 0) is 9.53 Å². The maximum absolute atomic E-state index is 10.8. The van der Waals surface area contributed by atoms with Gasteiger partial charge in [-0.15, -0.1) is 0 Å². The molecule has 1 aliphatic heterocycles. The molecular weight excluding hydrogens is 144 g/mol. The summed E-state index contributed by atoms with van der Waals surface area (Å²) in [5.41, 5.74) is -1.08. The van der Waals surface area contributed by atoms with Gasteiger partial charge in [-0.3, -0.25) is 4.79 Å². The van der Waals surface area contributed by atoms with Crippen LogP contribution in [0.25, 0.3) is 0 Å². The average Bonchev–Trinajstić information content (AvgIpc) is 2.22. The minimum atomic E-state index is -1.08. The Morgan fingerprint density at radius 2 is 2.45 bits per heavy atom.